The van der Waals surface area contributed by atoms with Crippen molar-refractivity contribution in [2.75, 3.05) is 0 Å². The van der Waals surface area contributed by atoms with Gasteiger partial charge in [0.15, 0.2) is 0 Å². The van der Waals surface area contributed by atoms with Crippen molar-refractivity contribution in [3.05, 3.63) is 33.8 Å². The molecule has 0 heterocycles. The number of hydrogen-bond donors (Lipinski definition) is 1. The summed E-state index contributed by atoms with van der Waals surface area (Å²) in [5.41, 5.74) is 2.24. The van der Waals surface area contributed by atoms with E-state index in [9.17, 15) is 5.11 Å². The van der Waals surface area contributed by atoms with Crippen molar-refractivity contribution >= 4 is 15.9 Å². The molecule has 0 amide bonds. The first-order valence-corrected chi connectivity index (χ1v) is 7.81. The second kappa shape index (κ2) is 7.96. The number of halogens is 1. The number of aryl methyl sites for hydroxylation is 1. The molecule has 0 aliphatic carbocycles. The van der Waals surface area contributed by atoms with Gasteiger partial charge in [0, 0.05) is 4.47 Å². The smallest absolute Gasteiger partial charge is 0.0803 e. The Morgan fingerprint density at radius 2 is 2.00 bits per heavy atom. The molecule has 1 aromatic carbocycles. The van der Waals surface area contributed by atoms with E-state index in [1.807, 2.05) is 6.07 Å². The average Bonchev–Trinajstić information content (AvgIpc) is 2.37. The van der Waals surface area contributed by atoms with Gasteiger partial charge in [-0.3, -0.25) is 0 Å². The second-order valence-corrected chi connectivity index (χ2v) is 6.05. The van der Waals surface area contributed by atoms with Crippen LogP contribution in [0.2, 0.25) is 0 Å². The molecule has 1 rings (SSSR count). The highest BCUT2D eigenvalue weighted by Crippen LogP contribution is 2.31. The Balaban J connectivity index is 2.67. The van der Waals surface area contributed by atoms with E-state index in [0.29, 0.717) is 5.92 Å². The summed E-state index contributed by atoms with van der Waals surface area (Å²) in [7, 11) is 0. The summed E-state index contributed by atoms with van der Waals surface area (Å²) in [5, 5.41) is 10.4. The Bertz CT molecular complexity index is 362. The maximum absolute atomic E-state index is 10.4. The average molecular weight is 313 g/mol. The first-order chi connectivity index (χ1) is 8.58. The predicted octanol–water partition coefficient (Wildman–Crippen LogP) is 5.40. The summed E-state index contributed by atoms with van der Waals surface area (Å²) in [6.07, 6.45) is 5.41. The summed E-state index contributed by atoms with van der Waals surface area (Å²) < 4.78 is 1.02. The standard InChI is InChI=1S/C16H25BrO/c1-4-6-7-13(5-2)11-16(18)14-10-12(3)8-9-15(14)17/h8-10,13,16,18H,4-7,11H2,1-3H3. The number of aliphatic hydroxyl groups is 1. The molecule has 2 atom stereocenters. The topological polar surface area (TPSA) is 20.2 Å². The molecule has 0 saturated heterocycles. The minimum atomic E-state index is -0.346. The van der Waals surface area contributed by atoms with E-state index in [2.05, 4.69) is 48.8 Å². The van der Waals surface area contributed by atoms with Gasteiger partial charge >= 0.3 is 0 Å². The zero-order valence-corrected chi connectivity index (χ0v) is 13.3. The zero-order valence-electron chi connectivity index (χ0n) is 11.7. The summed E-state index contributed by atoms with van der Waals surface area (Å²) in [6, 6.07) is 6.18. The molecule has 0 spiro atoms. The van der Waals surface area contributed by atoms with E-state index in [1.165, 1.54) is 24.8 Å². The number of rotatable bonds is 7. The van der Waals surface area contributed by atoms with Crippen LogP contribution in [0.3, 0.4) is 0 Å². The third-order valence-electron chi connectivity index (χ3n) is 3.61. The molecular weight excluding hydrogens is 288 g/mol. The summed E-state index contributed by atoms with van der Waals surface area (Å²) in [4.78, 5) is 0. The monoisotopic (exact) mass is 312 g/mol. The maximum Gasteiger partial charge on any atom is 0.0803 e. The highest BCUT2D eigenvalue weighted by molar-refractivity contribution is 9.10. The van der Waals surface area contributed by atoms with Gasteiger partial charge in [0.25, 0.3) is 0 Å². The number of hydrogen-bond acceptors (Lipinski definition) is 1. The predicted molar refractivity (Wildman–Crippen MR) is 81.8 cm³/mol. The minimum absolute atomic E-state index is 0.346. The van der Waals surface area contributed by atoms with Gasteiger partial charge in [-0.2, -0.15) is 0 Å². The lowest BCUT2D eigenvalue weighted by Gasteiger charge is -2.20. The van der Waals surface area contributed by atoms with Crippen LogP contribution in [-0.4, -0.2) is 5.11 Å². The molecule has 0 radical (unpaired) electrons. The van der Waals surface area contributed by atoms with E-state index in [1.54, 1.807) is 0 Å². The van der Waals surface area contributed by atoms with E-state index in [0.717, 1.165) is 22.9 Å². The zero-order chi connectivity index (χ0) is 13.5. The number of unbranched alkanes of at least 4 members (excludes halogenated alkanes) is 1. The third kappa shape index (κ3) is 4.74. The van der Waals surface area contributed by atoms with E-state index >= 15 is 0 Å². The third-order valence-corrected chi connectivity index (χ3v) is 4.33. The molecular formula is C16H25BrO. The van der Waals surface area contributed by atoms with Crippen LogP contribution in [0.15, 0.2) is 22.7 Å². The minimum Gasteiger partial charge on any atom is -0.388 e. The van der Waals surface area contributed by atoms with Crippen molar-refractivity contribution < 1.29 is 5.11 Å². The summed E-state index contributed by atoms with van der Waals surface area (Å²) >= 11 is 3.54. The van der Waals surface area contributed by atoms with Crippen LogP contribution in [0.4, 0.5) is 0 Å². The Labute approximate surface area is 120 Å². The molecule has 102 valence electrons. The fourth-order valence-electron chi connectivity index (χ4n) is 2.34. The normalized spacial score (nSPS) is 14.5. The van der Waals surface area contributed by atoms with Gasteiger partial charge in [-0.15, -0.1) is 0 Å². The molecule has 1 N–H and O–H groups in total. The molecule has 1 aromatic rings. The van der Waals surface area contributed by atoms with Crippen molar-refractivity contribution in [1.29, 1.82) is 0 Å². The molecule has 2 unspecified atom stereocenters. The fraction of sp³-hybridized carbons (Fsp3) is 0.625. The van der Waals surface area contributed by atoms with Crippen LogP contribution in [-0.2, 0) is 0 Å². The van der Waals surface area contributed by atoms with E-state index in [4.69, 9.17) is 0 Å². The second-order valence-electron chi connectivity index (χ2n) is 5.19. The molecule has 0 saturated carbocycles. The lowest BCUT2D eigenvalue weighted by atomic mass is 9.90. The quantitative estimate of drug-likeness (QED) is 0.715. The molecule has 0 aliphatic rings. The van der Waals surface area contributed by atoms with Crippen molar-refractivity contribution in [3.63, 3.8) is 0 Å². The van der Waals surface area contributed by atoms with Gasteiger partial charge in [0.1, 0.15) is 0 Å². The lowest BCUT2D eigenvalue weighted by Crippen LogP contribution is -2.08. The molecule has 0 aliphatic heterocycles. The van der Waals surface area contributed by atoms with Crippen molar-refractivity contribution in [3.8, 4) is 0 Å². The summed E-state index contributed by atoms with van der Waals surface area (Å²) in [5.74, 6) is 0.632. The van der Waals surface area contributed by atoms with Gasteiger partial charge in [-0.25, -0.2) is 0 Å². The molecule has 0 fully saturated rings. The van der Waals surface area contributed by atoms with E-state index in [-0.39, 0.29) is 6.10 Å². The van der Waals surface area contributed by atoms with Crippen LogP contribution < -0.4 is 0 Å². The van der Waals surface area contributed by atoms with Gasteiger partial charge < -0.3 is 5.11 Å². The largest absolute Gasteiger partial charge is 0.388 e. The molecule has 18 heavy (non-hydrogen) atoms. The van der Waals surface area contributed by atoms with Crippen molar-refractivity contribution in [1.82, 2.24) is 0 Å². The Kier molecular flexibility index (Phi) is 6.95. The number of benzene rings is 1. The van der Waals surface area contributed by atoms with Crippen LogP contribution >= 0.6 is 15.9 Å². The molecule has 0 bridgehead atoms. The van der Waals surface area contributed by atoms with Gasteiger partial charge in [-0.05, 0) is 30.9 Å². The SMILES string of the molecule is CCCCC(CC)CC(O)c1cc(C)ccc1Br. The number of aliphatic hydroxyl groups excluding tert-OH is 1. The molecule has 2 heteroatoms. The van der Waals surface area contributed by atoms with Gasteiger partial charge in [0.05, 0.1) is 6.10 Å². The first-order valence-electron chi connectivity index (χ1n) is 7.02. The van der Waals surface area contributed by atoms with Crippen LogP contribution in [0, 0.1) is 12.8 Å². The fourth-order valence-corrected chi connectivity index (χ4v) is 2.85. The molecule has 0 aromatic heterocycles. The summed E-state index contributed by atoms with van der Waals surface area (Å²) in [6.45, 7) is 6.51. The highest BCUT2D eigenvalue weighted by atomic mass is 79.9. The van der Waals surface area contributed by atoms with Crippen molar-refractivity contribution in [2.24, 2.45) is 5.92 Å². The first kappa shape index (κ1) is 15.7. The van der Waals surface area contributed by atoms with Gasteiger partial charge in [-0.1, -0.05) is 73.2 Å². The van der Waals surface area contributed by atoms with Gasteiger partial charge in [0.2, 0.25) is 0 Å². The Hall–Kier alpha value is -0.340. The Morgan fingerprint density at radius 3 is 2.61 bits per heavy atom. The van der Waals surface area contributed by atoms with Crippen LogP contribution in [0.1, 0.15) is 63.2 Å². The lowest BCUT2D eigenvalue weighted by molar-refractivity contribution is 0.138. The highest BCUT2D eigenvalue weighted by Gasteiger charge is 2.16. The maximum atomic E-state index is 10.4. The molecule has 1 nitrogen and oxygen atoms in total. The Morgan fingerprint density at radius 1 is 1.28 bits per heavy atom. The van der Waals surface area contributed by atoms with Crippen molar-refractivity contribution in [2.45, 2.75) is 59.0 Å². The van der Waals surface area contributed by atoms with E-state index < -0.39 is 0 Å². The van der Waals surface area contributed by atoms with Crippen LogP contribution in [0.5, 0.6) is 0 Å². The van der Waals surface area contributed by atoms with Crippen LogP contribution in [0.25, 0.3) is 0 Å².